The summed E-state index contributed by atoms with van der Waals surface area (Å²) in [4.78, 5) is 8.03. The molecule has 0 bridgehead atoms. The minimum Gasteiger partial charge on any atom is -0.365 e. The first kappa shape index (κ1) is 18.3. The quantitative estimate of drug-likeness (QED) is 0.501. The van der Waals surface area contributed by atoms with E-state index < -0.39 is 0 Å². The molecule has 0 radical (unpaired) electrons. The Morgan fingerprint density at radius 2 is 1.44 bits per heavy atom. The molecule has 0 unspecified atom stereocenters. The molecule has 0 saturated heterocycles. The fraction of sp³-hybridized carbons (Fsp3) is 0.294. The van der Waals surface area contributed by atoms with Crippen molar-refractivity contribution in [3.8, 4) is 0 Å². The van der Waals surface area contributed by atoms with E-state index in [9.17, 15) is 0 Å². The summed E-state index contributed by atoms with van der Waals surface area (Å²) in [5, 5.41) is 12.2. The molecule has 1 aliphatic rings. The average Bonchev–Trinajstić information content (AvgIpc) is 3.35. The molecule has 1 fully saturated rings. The van der Waals surface area contributed by atoms with Gasteiger partial charge in [0, 0.05) is 18.4 Å². The van der Waals surface area contributed by atoms with Crippen molar-refractivity contribution in [1.82, 2.24) is 29.2 Å². The predicted molar refractivity (Wildman–Crippen MR) is 107 cm³/mol. The lowest BCUT2D eigenvalue weighted by molar-refractivity contribution is 0.747. The fourth-order valence-corrected chi connectivity index (χ4v) is 3.75. The highest BCUT2D eigenvalue weighted by molar-refractivity contribution is 6.34. The van der Waals surface area contributed by atoms with Gasteiger partial charge in [0.05, 0.1) is 0 Å². The van der Waals surface area contributed by atoms with Gasteiger partial charge in [-0.2, -0.15) is 4.98 Å². The molecule has 10 heteroatoms. The summed E-state index contributed by atoms with van der Waals surface area (Å²) in [6.07, 6.45) is 8.67. The van der Waals surface area contributed by atoms with E-state index in [1.165, 1.54) is 25.7 Å². The van der Waals surface area contributed by atoms with E-state index in [2.05, 4.69) is 25.5 Å². The Bertz CT molecular complexity index is 1070. The molecule has 4 heterocycles. The van der Waals surface area contributed by atoms with Crippen LogP contribution in [-0.4, -0.2) is 35.2 Å². The molecule has 0 spiro atoms. The second-order valence-electron chi connectivity index (χ2n) is 6.20. The van der Waals surface area contributed by atoms with Crippen LogP contribution in [0.4, 0.5) is 5.82 Å². The first-order valence-corrected chi connectivity index (χ1v) is 9.67. The summed E-state index contributed by atoms with van der Waals surface area (Å²) in [5.41, 5.74) is 1.74. The van der Waals surface area contributed by atoms with Crippen molar-refractivity contribution in [2.45, 2.75) is 31.7 Å². The monoisotopic (exact) mass is 423 g/mol. The topological polar surface area (TPSA) is 72.4 Å². The summed E-state index contributed by atoms with van der Waals surface area (Å²) < 4.78 is 3.34. The summed E-state index contributed by atoms with van der Waals surface area (Å²) in [6.45, 7) is 0. The summed E-state index contributed by atoms with van der Waals surface area (Å²) >= 11 is 17.2. The minimum absolute atomic E-state index is 0.152. The predicted octanol–water partition coefficient (Wildman–Crippen LogP) is 4.77. The Hall–Kier alpha value is -2.09. The van der Waals surface area contributed by atoms with Gasteiger partial charge in [-0.15, -0.1) is 10.2 Å². The highest BCUT2D eigenvalue weighted by Crippen LogP contribution is 2.24. The standard InChI is InChI=1S/C11H13ClN4.C6H3Cl2N3/c12-11-14-10(13-8-4-1-2-5-8)9-6-3-7-16(9)15-11;7-5-4-2-1-3-11(4)10-6(8)9-5/h3,6-8H,1-2,4-5H2,(H,13,14,15);1-3H. The molecule has 4 aromatic heterocycles. The van der Waals surface area contributed by atoms with E-state index in [1.807, 2.05) is 30.5 Å². The fourth-order valence-electron chi connectivity index (χ4n) is 3.15. The average molecular weight is 425 g/mol. The molecule has 5 rings (SSSR count). The normalized spacial score (nSPS) is 14.5. The lowest BCUT2D eigenvalue weighted by Gasteiger charge is -2.13. The maximum absolute atomic E-state index is 5.88. The molecule has 7 nitrogen and oxygen atoms in total. The van der Waals surface area contributed by atoms with Crippen molar-refractivity contribution in [2.75, 3.05) is 5.32 Å². The van der Waals surface area contributed by atoms with Crippen LogP contribution in [0.25, 0.3) is 11.0 Å². The van der Waals surface area contributed by atoms with Gasteiger partial charge in [-0.05, 0) is 60.3 Å². The molecule has 0 aromatic carbocycles. The molecule has 140 valence electrons. The van der Waals surface area contributed by atoms with Crippen LogP contribution in [0.1, 0.15) is 25.7 Å². The van der Waals surface area contributed by atoms with Crippen LogP contribution in [-0.2, 0) is 0 Å². The van der Waals surface area contributed by atoms with Crippen LogP contribution < -0.4 is 5.32 Å². The second kappa shape index (κ2) is 7.88. The van der Waals surface area contributed by atoms with Crippen LogP contribution in [0.2, 0.25) is 15.7 Å². The zero-order valence-electron chi connectivity index (χ0n) is 14.2. The Morgan fingerprint density at radius 3 is 2.15 bits per heavy atom. The molecular formula is C17H16Cl3N7. The highest BCUT2D eigenvalue weighted by atomic mass is 35.5. The summed E-state index contributed by atoms with van der Waals surface area (Å²) in [7, 11) is 0. The van der Waals surface area contributed by atoms with Gasteiger partial charge >= 0.3 is 0 Å². The van der Waals surface area contributed by atoms with Crippen molar-refractivity contribution in [2.24, 2.45) is 0 Å². The highest BCUT2D eigenvalue weighted by Gasteiger charge is 2.17. The molecule has 27 heavy (non-hydrogen) atoms. The van der Waals surface area contributed by atoms with Gasteiger partial charge in [-0.1, -0.05) is 24.4 Å². The summed E-state index contributed by atoms with van der Waals surface area (Å²) in [5.74, 6) is 0.844. The van der Waals surface area contributed by atoms with Crippen molar-refractivity contribution in [1.29, 1.82) is 0 Å². The zero-order valence-corrected chi connectivity index (χ0v) is 16.5. The lowest BCUT2D eigenvalue weighted by atomic mass is 10.2. The van der Waals surface area contributed by atoms with Crippen molar-refractivity contribution in [3.63, 3.8) is 0 Å². The van der Waals surface area contributed by atoms with E-state index in [4.69, 9.17) is 34.8 Å². The minimum atomic E-state index is 0.152. The van der Waals surface area contributed by atoms with Crippen molar-refractivity contribution >= 4 is 51.7 Å². The van der Waals surface area contributed by atoms with E-state index in [1.54, 1.807) is 15.2 Å². The number of nitrogens with one attached hydrogen (secondary N) is 1. The van der Waals surface area contributed by atoms with Gasteiger partial charge in [0.25, 0.3) is 0 Å². The SMILES string of the molecule is Clc1nc(Cl)c2cccn2n1.Clc1nc(NC2CCCC2)c2cccn2n1. The number of hydrogen-bond acceptors (Lipinski definition) is 5. The Balaban J connectivity index is 0.000000143. The van der Waals surface area contributed by atoms with Crippen molar-refractivity contribution < 1.29 is 0 Å². The third-order valence-electron chi connectivity index (χ3n) is 4.38. The molecular weight excluding hydrogens is 409 g/mol. The molecule has 0 aliphatic heterocycles. The number of nitrogens with zero attached hydrogens (tertiary/aromatic N) is 6. The second-order valence-corrected chi connectivity index (χ2v) is 7.24. The molecule has 0 amide bonds. The maximum atomic E-state index is 5.88. The maximum Gasteiger partial charge on any atom is 0.243 e. The number of halogens is 3. The van der Waals surface area contributed by atoms with Crippen LogP contribution in [0.5, 0.6) is 0 Å². The summed E-state index contributed by atoms with van der Waals surface area (Å²) in [6, 6.07) is 8.11. The molecule has 4 aromatic rings. The van der Waals surface area contributed by atoms with E-state index >= 15 is 0 Å². The van der Waals surface area contributed by atoms with Crippen LogP contribution >= 0.6 is 34.8 Å². The molecule has 1 N–H and O–H groups in total. The van der Waals surface area contributed by atoms with Crippen LogP contribution in [0.3, 0.4) is 0 Å². The largest absolute Gasteiger partial charge is 0.365 e. The van der Waals surface area contributed by atoms with Crippen LogP contribution in [0.15, 0.2) is 36.7 Å². The van der Waals surface area contributed by atoms with Gasteiger partial charge in [0.2, 0.25) is 10.6 Å². The van der Waals surface area contributed by atoms with Crippen molar-refractivity contribution in [3.05, 3.63) is 52.4 Å². The molecule has 1 aliphatic carbocycles. The lowest BCUT2D eigenvalue weighted by Crippen LogP contribution is -2.16. The Morgan fingerprint density at radius 1 is 0.852 bits per heavy atom. The van der Waals surface area contributed by atoms with Gasteiger partial charge < -0.3 is 5.32 Å². The van der Waals surface area contributed by atoms with E-state index in [-0.39, 0.29) is 10.6 Å². The van der Waals surface area contributed by atoms with Gasteiger partial charge in [-0.25, -0.2) is 14.0 Å². The Kier molecular flexibility index (Phi) is 5.33. The zero-order chi connectivity index (χ0) is 18.8. The third-order valence-corrected chi connectivity index (χ3v) is 4.98. The molecule has 0 atom stereocenters. The number of aromatic nitrogens is 6. The van der Waals surface area contributed by atoms with Crippen LogP contribution in [0, 0.1) is 0 Å². The van der Waals surface area contributed by atoms with E-state index in [0.717, 1.165) is 16.9 Å². The number of fused-ring (bicyclic) bond motifs is 2. The van der Waals surface area contributed by atoms with Gasteiger partial charge in [0.15, 0.2) is 11.0 Å². The number of rotatable bonds is 2. The number of anilines is 1. The first-order chi connectivity index (χ1) is 13.1. The van der Waals surface area contributed by atoms with Gasteiger partial charge in [0.1, 0.15) is 11.0 Å². The van der Waals surface area contributed by atoms with Gasteiger partial charge in [-0.3, -0.25) is 0 Å². The Labute approximate surface area is 170 Å². The molecule has 1 saturated carbocycles. The van der Waals surface area contributed by atoms with E-state index in [0.29, 0.717) is 11.2 Å². The first-order valence-electron chi connectivity index (χ1n) is 8.54. The third kappa shape index (κ3) is 4.10. The number of hydrogen-bond donors (Lipinski definition) is 1. The smallest absolute Gasteiger partial charge is 0.243 e.